The van der Waals surface area contributed by atoms with Crippen molar-refractivity contribution in [2.24, 2.45) is 5.92 Å². The first-order valence-electron chi connectivity index (χ1n) is 8.76. The van der Waals surface area contributed by atoms with Crippen molar-refractivity contribution in [1.29, 1.82) is 0 Å². The summed E-state index contributed by atoms with van der Waals surface area (Å²) < 4.78 is 0. The average Bonchev–Trinajstić information content (AvgIpc) is 2.57. The number of aryl methyl sites for hydroxylation is 2. The van der Waals surface area contributed by atoms with Gasteiger partial charge in [0, 0.05) is 0 Å². The summed E-state index contributed by atoms with van der Waals surface area (Å²) >= 11 is 0. The van der Waals surface area contributed by atoms with E-state index < -0.39 is 0 Å². The van der Waals surface area contributed by atoms with Gasteiger partial charge in [-0.05, 0) is 43.0 Å². The lowest BCUT2D eigenvalue weighted by molar-refractivity contribution is 0.475. The van der Waals surface area contributed by atoms with Gasteiger partial charge in [-0.3, -0.25) is 0 Å². The van der Waals surface area contributed by atoms with E-state index in [1.807, 2.05) is 6.07 Å². The lowest BCUT2D eigenvalue weighted by Crippen LogP contribution is -1.78. The monoisotopic (exact) mass is 334 g/mol. The van der Waals surface area contributed by atoms with E-state index in [4.69, 9.17) is 5.11 Å². The molecule has 3 aromatic carbocycles. The molecule has 1 heteroatoms. The van der Waals surface area contributed by atoms with Crippen LogP contribution in [0, 0.1) is 19.8 Å². The van der Waals surface area contributed by atoms with Crippen LogP contribution in [0.25, 0.3) is 11.1 Å². The molecule has 3 rings (SSSR count). The minimum absolute atomic E-state index is 0.322. The van der Waals surface area contributed by atoms with Crippen LogP contribution < -0.4 is 0 Å². The number of hydrogen-bond donors (Lipinski definition) is 1. The molecule has 0 aromatic heterocycles. The van der Waals surface area contributed by atoms with E-state index in [1.165, 1.54) is 22.3 Å². The van der Waals surface area contributed by atoms with Crippen molar-refractivity contribution in [3.05, 3.63) is 90.0 Å². The number of aromatic hydroxyl groups is 1. The quantitative estimate of drug-likeness (QED) is 0.506. The minimum atomic E-state index is 0.322. The SMILES string of the molecule is CC(C)C.Cc1ccc(-c2ccc(C)cc2)cc1.Oc1ccccc1. The molecule has 0 atom stereocenters. The Balaban J connectivity index is 0.000000237. The highest BCUT2D eigenvalue weighted by Crippen LogP contribution is 2.19. The Bertz CT molecular complexity index is 649. The normalized spacial score (nSPS) is 9.52. The van der Waals surface area contributed by atoms with E-state index >= 15 is 0 Å². The fourth-order valence-corrected chi connectivity index (χ4v) is 1.92. The predicted octanol–water partition coefficient (Wildman–Crippen LogP) is 7.02. The molecule has 0 aliphatic rings. The zero-order valence-corrected chi connectivity index (χ0v) is 16.0. The molecule has 0 fully saturated rings. The van der Waals surface area contributed by atoms with Crippen LogP contribution in [-0.2, 0) is 0 Å². The Hall–Kier alpha value is -2.54. The van der Waals surface area contributed by atoms with Crippen molar-refractivity contribution in [3.63, 3.8) is 0 Å². The molecule has 0 aliphatic heterocycles. The van der Waals surface area contributed by atoms with Crippen LogP contribution in [-0.4, -0.2) is 5.11 Å². The van der Waals surface area contributed by atoms with Gasteiger partial charge >= 0.3 is 0 Å². The molecule has 0 aliphatic carbocycles. The summed E-state index contributed by atoms with van der Waals surface area (Å²) in [5.41, 5.74) is 5.19. The summed E-state index contributed by atoms with van der Waals surface area (Å²) in [6, 6.07) is 26.0. The molecule has 132 valence electrons. The molecule has 0 radical (unpaired) electrons. The number of hydrogen-bond acceptors (Lipinski definition) is 1. The van der Waals surface area contributed by atoms with Gasteiger partial charge in [-0.25, -0.2) is 0 Å². The van der Waals surface area contributed by atoms with Gasteiger partial charge in [-0.2, -0.15) is 0 Å². The second kappa shape index (κ2) is 11.1. The third-order valence-corrected chi connectivity index (χ3v) is 3.19. The Morgan fingerprint density at radius 1 is 0.560 bits per heavy atom. The Kier molecular flexibility index (Phi) is 9.10. The second-order valence-electron chi connectivity index (χ2n) is 6.80. The Labute approximate surface area is 153 Å². The largest absolute Gasteiger partial charge is 0.508 e. The lowest BCUT2D eigenvalue weighted by Gasteiger charge is -2.02. The number of phenols is 1. The van der Waals surface area contributed by atoms with Crippen molar-refractivity contribution in [3.8, 4) is 16.9 Å². The fraction of sp³-hybridized carbons (Fsp3) is 0.250. The third kappa shape index (κ3) is 9.36. The Morgan fingerprint density at radius 3 is 1.12 bits per heavy atom. The third-order valence-electron chi connectivity index (χ3n) is 3.19. The highest BCUT2D eigenvalue weighted by Gasteiger charge is 1.95. The first-order valence-corrected chi connectivity index (χ1v) is 8.76. The van der Waals surface area contributed by atoms with E-state index in [0.717, 1.165) is 5.92 Å². The van der Waals surface area contributed by atoms with Crippen molar-refractivity contribution < 1.29 is 5.11 Å². The molecular formula is C24H30O. The van der Waals surface area contributed by atoms with Gasteiger partial charge in [0.15, 0.2) is 0 Å². The number of rotatable bonds is 1. The van der Waals surface area contributed by atoms with Gasteiger partial charge in [0.2, 0.25) is 0 Å². The smallest absolute Gasteiger partial charge is 0.115 e. The van der Waals surface area contributed by atoms with E-state index in [-0.39, 0.29) is 0 Å². The molecule has 1 nitrogen and oxygen atoms in total. The van der Waals surface area contributed by atoms with Crippen molar-refractivity contribution in [2.75, 3.05) is 0 Å². The molecule has 0 unspecified atom stereocenters. The lowest BCUT2D eigenvalue weighted by atomic mass is 10.0. The van der Waals surface area contributed by atoms with Crippen molar-refractivity contribution >= 4 is 0 Å². The summed E-state index contributed by atoms with van der Waals surface area (Å²) in [4.78, 5) is 0. The summed E-state index contributed by atoms with van der Waals surface area (Å²) in [6.07, 6.45) is 0. The van der Waals surface area contributed by atoms with Crippen LogP contribution in [0.2, 0.25) is 0 Å². The predicted molar refractivity (Wildman–Crippen MR) is 110 cm³/mol. The average molecular weight is 335 g/mol. The van der Waals surface area contributed by atoms with Gasteiger partial charge in [-0.15, -0.1) is 0 Å². The van der Waals surface area contributed by atoms with Crippen LogP contribution in [0.15, 0.2) is 78.9 Å². The summed E-state index contributed by atoms with van der Waals surface area (Å²) in [6.45, 7) is 10.7. The minimum Gasteiger partial charge on any atom is -0.508 e. The van der Waals surface area contributed by atoms with Crippen LogP contribution in [0.4, 0.5) is 0 Å². The summed E-state index contributed by atoms with van der Waals surface area (Å²) in [5, 5.41) is 8.63. The van der Waals surface area contributed by atoms with Crippen LogP contribution in [0.3, 0.4) is 0 Å². The molecule has 0 heterocycles. The first-order chi connectivity index (χ1) is 11.9. The summed E-state index contributed by atoms with van der Waals surface area (Å²) in [7, 11) is 0. The van der Waals surface area contributed by atoms with Gasteiger partial charge in [0.25, 0.3) is 0 Å². The maximum absolute atomic E-state index is 8.63. The van der Waals surface area contributed by atoms with Crippen molar-refractivity contribution in [1.82, 2.24) is 0 Å². The number of phenolic OH excluding ortho intramolecular Hbond substituents is 1. The molecule has 0 amide bonds. The van der Waals surface area contributed by atoms with Crippen LogP contribution in [0.5, 0.6) is 5.75 Å². The second-order valence-corrected chi connectivity index (χ2v) is 6.80. The van der Waals surface area contributed by atoms with E-state index in [9.17, 15) is 0 Å². The molecule has 0 spiro atoms. The maximum atomic E-state index is 8.63. The highest BCUT2D eigenvalue weighted by atomic mass is 16.3. The molecule has 0 saturated carbocycles. The zero-order chi connectivity index (χ0) is 18.7. The van der Waals surface area contributed by atoms with Gasteiger partial charge in [-0.1, -0.05) is 98.6 Å². The molecule has 0 bridgehead atoms. The van der Waals surface area contributed by atoms with E-state index in [1.54, 1.807) is 24.3 Å². The number of para-hydroxylation sites is 1. The van der Waals surface area contributed by atoms with Crippen LogP contribution >= 0.6 is 0 Å². The van der Waals surface area contributed by atoms with Gasteiger partial charge in [0.05, 0.1) is 0 Å². The molecule has 0 saturated heterocycles. The molecular weight excluding hydrogens is 304 g/mol. The summed E-state index contributed by atoms with van der Waals surface area (Å²) in [5.74, 6) is 1.16. The van der Waals surface area contributed by atoms with E-state index in [0.29, 0.717) is 5.75 Å². The Morgan fingerprint density at radius 2 is 0.880 bits per heavy atom. The van der Waals surface area contributed by atoms with E-state index in [2.05, 4.69) is 83.1 Å². The zero-order valence-electron chi connectivity index (χ0n) is 16.0. The van der Waals surface area contributed by atoms with Crippen molar-refractivity contribution in [2.45, 2.75) is 34.6 Å². The molecule has 25 heavy (non-hydrogen) atoms. The maximum Gasteiger partial charge on any atom is 0.115 e. The van der Waals surface area contributed by atoms with Gasteiger partial charge < -0.3 is 5.11 Å². The first kappa shape index (κ1) is 20.5. The number of benzene rings is 3. The van der Waals surface area contributed by atoms with Crippen LogP contribution in [0.1, 0.15) is 31.9 Å². The van der Waals surface area contributed by atoms with Gasteiger partial charge in [0.1, 0.15) is 5.75 Å². The standard InChI is InChI=1S/C14H14.C6H6O.C4H10/c1-11-3-7-13(8-4-11)14-9-5-12(2)6-10-14;7-6-4-2-1-3-5-6;1-4(2)3/h3-10H,1-2H3;1-5,7H;4H,1-3H3. The topological polar surface area (TPSA) is 20.2 Å². The highest BCUT2D eigenvalue weighted by molar-refractivity contribution is 5.63. The fourth-order valence-electron chi connectivity index (χ4n) is 1.92. The molecule has 1 N–H and O–H groups in total. The molecule has 3 aromatic rings.